The Morgan fingerprint density at radius 2 is 1.25 bits per heavy atom. The molecule has 12 bridgehead atoms. The molecule has 16 aliphatic rings. The van der Waals surface area contributed by atoms with Crippen molar-refractivity contribution in [1.29, 1.82) is 0 Å². The van der Waals surface area contributed by atoms with E-state index in [0.29, 0.717) is 77.0 Å². The zero-order valence-corrected chi connectivity index (χ0v) is 46.8. The molecule has 0 aliphatic carbocycles. The monoisotopic (exact) mass is 1130 g/mol. The number of hydrogen-bond acceptors (Lipinski definition) is 20. The van der Waals surface area contributed by atoms with Crippen molar-refractivity contribution in [3.05, 3.63) is 24.3 Å². The summed E-state index contributed by atoms with van der Waals surface area (Å²) < 4.78 is 103. The average Bonchev–Trinajstić information content (AvgIpc) is 4.29. The largest absolute Gasteiger partial charge is 0.459 e. The molecule has 4 N–H and O–H groups in total. The van der Waals surface area contributed by atoms with Gasteiger partial charge >= 0.3 is 5.97 Å². The van der Waals surface area contributed by atoms with Crippen molar-refractivity contribution in [1.82, 2.24) is 0 Å². The van der Waals surface area contributed by atoms with Gasteiger partial charge in [-0.3, -0.25) is 4.79 Å². The molecular formula is C60H86O20. The summed E-state index contributed by atoms with van der Waals surface area (Å²) in [4.78, 5) is 14.6. The fourth-order valence-corrected chi connectivity index (χ4v) is 18.2. The summed E-state index contributed by atoms with van der Waals surface area (Å²) in [5.74, 6) is -4.78. The number of aliphatic hydroxyl groups excluding tert-OH is 3. The summed E-state index contributed by atoms with van der Waals surface area (Å²) in [5.41, 5.74) is 2.09. The van der Waals surface area contributed by atoms with Gasteiger partial charge in [0.2, 0.25) is 5.79 Å². The first-order chi connectivity index (χ1) is 38.3. The molecule has 16 fully saturated rings. The van der Waals surface area contributed by atoms with Gasteiger partial charge in [0.25, 0.3) is 0 Å². The molecule has 3 spiro atoms. The minimum absolute atomic E-state index is 0.000884. The third kappa shape index (κ3) is 9.23. The van der Waals surface area contributed by atoms with Crippen LogP contribution in [0.15, 0.2) is 24.3 Å². The molecule has 16 heterocycles. The molecule has 16 aliphatic heterocycles. The lowest BCUT2D eigenvalue weighted by atomic mass is 9.79. The number of fused-ring (bicyclic) bond motifs is 10. The summed E-state index contributed by atoms with van der Waals surface area (Å²) >= 11 is 0. The quantitative estimate of drug-likeness (QED) is 0.228. The van der Waals surface area contributed by atoms with E-state index < -0.39 is 109 Å². The molecule has 20 nitrogen and oxygen atoms in total. The molecule has 20 heteroatoms. The highest BCUT2D eigenvalue weighted by Gasteiger charge is 2.76. The maximum atomic E-state index is 14.6. The van der Waals surface area contributed by atoms with Crippen LogP contribution in [0.5, 0.6) is 0 Å². The second kappa shape index (κ2) is 20.2. The maximum absolute atomic E-state index is 14.6. The molecule has 16 saturated heterocycles. The van der Waals surface area contributed by atoms with Crippen LogP contribution >= 0.6 is 0 Å². The summed E-state index contributed by atoms with van der Waals surface area (Å²) in [6, 6.07) is 0. The Balaban J connectivity index is 0.658. The first kappa shape index (κ1) is 54.9. The van der Waals surface area contributed by atoms with Crippen LogP contribution in [-0.4, -0.2) is 203 Å². The number of carbonyl (C=O) groups excluding carboxylic acids is 1. The molecule has 32 atom stereocenters. The Bertz CT molecular complexity index is 2400. The fourth-order valence-electron chi connectivity index (χ4n) is 18.2. The van der Waals surface area contributed by atoms with Gasteiger partial charge in [-0.2, -0.15) is 0 Å². The van der Waals surface area contributed by atoms with E-state index in [-0.39, 0.29) is 110 Å². The van der Waals surface area contributed by atoms with Crippen molar-refractivity contribution in [3.8, 4) is 0 Å². The van der Waals surface area contributed by atoms with E-state index in [1.54, 1.807) is 0 Å². The lowest BCUT2D eigenvalue weighted by Gasteiger charge is -2.51. The van der Waals surface area contributed by atoms with Crippen LogP contribution in [0.4, 0.5) is 0 Å². The van der Waals surface area contributed by atoms with E-state index >= 15 is 0 Å². The van der Waals surface area contributed by atoms with E-state index in [0.717, 1.165) is 36.8 Å². The van der Waals surface area contributed by atoms with Crippen LogP contribution in [0.1, 0.15) is 143 Å². The SMILES string of the molecule is C=C1C2C[C@@H]3O[C@H]4C[C@H]5O[C@@]6(C[C@@H]7O[C@]8(C[C@H](C)[C@@H]9O[C@H]([C@@H](O)C[C@@H](O)CO)C[C@@H]9O8)C[C@H](C)[C@@H]7O6)C[C@H]5O[C@H]4[C@H](C)[C@H]3OC(=O)C[C@H]3CC[C@@H]4O[C@@]5(O)[C@@H]6O[C@]7(CC[C@H]8CC(=C)[C@H](CC[C@@H](C[C@H]1C)O2)O8)C[C@@H]6O[C@H]5[C@@H](O7)[C@H]4O3. The Kier molecular flexibility index (Phi) is 13.8. The van der Waals surface area contributed by atoms with Crippen molar-refractivity contribution in [2.24, 2.45) is 23.7 Å². The van der Waals surface area contributed by atoms with Crippen LogP contribution in [0.3, 0.4) is 0 Å². The molecule has 0 aromatic heterocycles. The minimum atomic E-state index is -1.68. The number of rotatable bonds is 4. The predicted molar refractivity (Wildman–Crippen MR) is 275 cm³/mol. The highest BCUT2D eigenvalue weighted by molar-refractivity contribution is 5.70. The van der Waals surface area contributed by atoms with Gasteiger partial charge in [0, 0.05) is 70.1 Å². The van der Waals surface area contributed by atoms with Crippen LogP contribution < -0.4 is 0 Å². The number of carbonyl (C=O) groups is 1. The maximum Gasteiger partial charge on any atom is 0.308 e. The number of ether oxygens (including phenoxy) is 15. The van der Waals surface area contributed by atoms with E-state index in [9.17, 15) is 25.2 Å². The van der Waals surface area contributed by atoms with Crippen LogP contribution in [-0.2, 0) is 75.8 Å². The summed E-state index contributed by atoms with van der Waals surface area (Å²) in [7, 11) is 0. The van der Waals surface area contributed by atoms with E-state index in [2.05, 4.69) is 40.9 Å². The highest BCUT2D eigenvalue weighted by atomic mass is 16.8. The molecule has 16 rings (SSSR count). The van der Waals surface area contributed by atoms with Crippen molar-refractivity contribution in [2.45, 2.75) is 313 Å². The van der Waals surface area contributed by atoms with Gasteiger partial charge in [-0.15, -0.1) is 0 Å². The van der Waals surface area contributed by atoms with Gasteiger partial charge in [-0.1, -0.05) is 40.9 Å². The molecule has 0 amide bonds. The average molecular weight is 1130 g/mol. The normalized spacial score (nSPS) is 57.6. The number of esters is 1. The Labute approximate surface area is 468 Å². The Morgan fingerprint density at radius 3 is 2.09 bits per heavy atom. The zero-order chi connectivity index (χ0) is 54.9. The smallest absolute Gasteiger partial charge is 0.308 e. The van der Waals surface area contributed by atoms with Gasteiger partial charge in [0.15, 0.2) is 17.4 Å². The zero-order valence-electron chi connectivity index (χ0n) is 46.8. The summed E-state index contributed by atoms with van der Waals surface area (Å²) in [6.07, 6.45) is -1.11. The van der Waals surface area contributed by atoms with Gasteiger partial charge in [0.1, 0.15) is 30.5 Å². The molecule has 446 valence electrons. The highest BCUT2D eigenvalue weighted by Crippen LogP contribution is 2.59. The van der Waals surface area contributed by atoms with Crippen molar-refractivity contribution < 1.29 is 96.3 Å². The van der Waals surface area contributed by atoms with Crippen LogP contribution in [0.2, 0.25) is 0 Å². The lowest BCUT2D eigenvalue weighted by Crippen LogP contribution is -2.67. The molecule has 0 radical (unpaired) electrons. The fraction of sp³-hybridized carbons (Fsp3) is 0.917. The van der Waals surface area contributed by atoms with Crippen LogP contribution in [0, 0.1) is 23.7 Å². The molecule has 0 aromatic carbocycles. The molecular weight excluding hydrogens is 1040 g/mol. The molecule has 80 heavy (non-hydrogen) atoms. The first-order valence-electron chi connectivity index (χ1n) is 30.9. The van der Waals surface area contributed by atoms with Gasteiger partial charge in [-0.05, 0) is 73.8 Å². The van der Waals surface area contributed by atoms with E-state index in [1.807, 2.05) is 0 Å². The van der Waals surface area contributed by atoms with E-state index in [1.165, 1.54) is 0 Å². The Morgan fingerprint density at radius 1 is 0.537 bits per heavy atom. The second-order valence-electron chi connectivity index (χ2n) is 27.7. The minimum Gasteiger partial charge on any atom is -0.459 e. The molecule has 1 unspecified atom stereocenters. The molecule has 0 saturated carbocycles. The topological polar surface area (TPSA) is 236 Å². The molecule has 0 aromatic rings. The number of hydrogen-bond donors (Lipinski definition) is 4. The van der Waals surface area contributed by atoms with Gasteiger partial charge < -0.3 is 91.5 Å². The number of aliphatic hydroxyl groups is 4. The standard InChI is InChI=1S/C60H86O20/c1-26-13-33-7-9-37-27(2)14-35(66-37)11-12-57-24-47-55(80-57)60(65)56(72-47)54(79-57)53-38(77-60)10-8-34(68-53)16-48(64)73-52-31(6)51-43(69-42(52)17-39(67-33)30(26)5)19-41-45(71-51)22-59(74-41)23-46-50(78-59)29(4)21-58(76-46)20-28(3)49-44(75-58)18-40(70-49)36(63)15-32(62)25-61/h26,28-29,31-47,49-56,61-63,65H,2,5,7-25H2,1,3-4,6H3/t26-,28+,29+,31+,32-,33+,34-,35+,36+,37+,38+,39?,40+,41-,42+,43+,44+,45-,46+,47+,49+,50+,51+,52-,53+,54+,55-,56+,57-,58-,59+,60+/m1/s1. The van der Waals surface area contributed by atoms with Crippen LogP contribution in [0.25, 0.3) is 0 Å². The lowest BCUT2D eigenvalue weighted by molar-refractivity contribution is -0.349. The van der Waals surface area contributed by atoms with Crippen molar-refractivity contribution >= 4 is 5.97 Å². The van der Waals surface area contributed by atoms with Gasteiger partial charge in [-0.25, -0.2) is 0 Å². The van der Waals surface area contributed by atoms with Crippen molar-refractivity contribution in [2.75, 3.05) is 6.61 Å². The second-order valence-corrected chi connectivity index (χ2v) is 27.7. The summed E-state index contributed by atoms with van der Waals surface area (Å²) in [6.45, 7) is 17.3. The van der Waals surface area contributed by atoms with Crippen molar-refractivity contribution in [3.63, 3.8) is 0 Å². The predicted octanol–water partition coefficient (Wildman–Crippen LogP) is 4.25. The van der Waals surface area contributed by atoms with E-state index in [4.69, 9.17) is 71.1 Å². The van der Waals surface area contributed by atoms with Gasteiger partial charge in [0.05, 0.1) is 129 Å². The summed E-state index contributed by atoms with van der Waals surface area (Å²) in [5, 5.41) is 42.5. The third-order valence-corrected chi connectivity index (χ3v) is 22.0. The Hall–Kier alpha value is -1.77. The third-order valence-electron chi connectivity index (χ3n) is 22.0. The first-order valence-corrected chi connectivity index (χ1v) is 30.9.